The van der Waals surface area contributed by atoms with Crippen LogP contribution in [0.25, 0.3) is 21.5 Å². The standard InChI is InChI=1S/C27H25N3O2/c1-18(2)25(29-26(31)19-10-4-3-5-11-19)27(32)30-28-17-24-22-14-8-6-12-20(22)16-21-13-7-9-15-23(21)24/h3-18,25H,1-2H3,(H,29,31)(H,30,32)/b28-17+. The second-order valence-corrected chi connectivity index (χ2v) is 8.03. The SMILES string of the molecule is CC(C)C(NC(=O)c1ccccc1)C(=O)N/N=C/c1c2ccccc2cc2ccccc12. The quantitative estimate of drug-likeness (QED) is 0.263. The van der Waals surface area contributed by atoms with E-state index in [2.05, 4.69) is 34.0 Å². The number of hydrogen-bond donors (Lipinski definition) is 2. The summed E-state index contributed by atoms with van der Waals surface area (Å²) >= 11 is 0. The summed E-state index contributed by atoms with van der Waals surface area (Å²) in [6.07, 6.45) is 1.68. The van der Waals surface area contributed by atoms with Gasteiger partial charge in [0, 0.05) is 11.1 Å². The van der Waals surface area contributed by atoms with E-state index in [0.717, 1.165) is 27.1 Å². The molecule has 0 fully saturated rings. The van der Waals surface area contributed by atoms with Crippen LogP contribution in [-0.2, 0) is 4.79 Å². The van der Waals surface area contributed by atoms with Crippen LogP contribution >= 0.6 is 0 Å². The molecule has 4 rings (SSSR count). The van der Waals surface area contributed by atoms with Crippen LogP contribution in [0.2, 0.25) is 0 Å². The van der Waals surface area contributed by atoms with Crippen molar-refractivity contribution < 1.29 is 9.59 Å². The second kappa shape index (κ2) is 9.43. The molecule has 0 radical (unpaired) electrons. The molecule has 4 aromatic carbocycles. The molecule has 0 spiro atoms. The third-order valence-corrected chi connectivity index (χ3v) is 5.45. The number of hydrazone groups is 1. The smallest absolute Gasteiger partial charge is 0.262 e. The number of amides is 2. The van der Waals surface area contributed by atoms with Gasteiger partial charge >= 0.3 is 0 Å². The van der Waals surface area contributed by atoms with Gasteiger partial charge in [-0.15, -0.1) is 0 Å². The van der Waals surface area contributed by atoms with Gasteiger partial charge in [0.05, 0.1) is 6.21 Å². The summed E-state index contributed by atoms with van der Waals surface area (Å²) in [7, 11) is 0. The molecule has 0 heterocycles. The molecule has 5 heteroatoms. The van der Waals surface area contributed by atoms with Crippen molar-refractivity contribution in [2.75, 3.05) is 0 Å². The third kappa shape index (κ3) is 4.52. The van der Waals surface area contributed by atoms with E-state index in [1.807, 2.05) is 56.3 Å². The highest BCUT2D eigenvalue weighted by molar-refractivity contribution is 6.13. The Balaban J connectivity index is 1.56. The van der Waals surface area contributed by atoms with Crippen LogP contribution in [0.4, 0.5) is 0 Å². The normalized spacial score (nSPS) is 12.3. The zero-order valence-electron chi connectivity index (χ0n) is 18.1. The first kappa shape index (κ1) is 21.2. The van der Waals surface area contributed by atoms with E-state index in [0.29, 0.717) is 5.56 Å². The Hall–Kier alpha value is -3.99. The average Bonchev–Trinajstić information content (AvgIpc) is 2.82. The Morgan fingerprint density at radius 1 is 0.812 bits per heavy atom. The third-order valence-electron chi connectivity index (χ3n) is 5.45. The summed E-state index contributed by atoms with van der Waals surface area (Å²) in [4.78, 5) is 25.4. The molecule has 1 unspecified atom stereocenters. The van der Waals surface area contributed by atoms with E-state index in [1.54, 1.807) is 30.5 Å². The lowest BCUT2D eigenvalue weighted by Gasteiger charge is -2.20. The molecule has 2 N–H and O–H groups in total. The van der Waals surface area contributed by atoms with E-state index in [9.17, 15) is 9.59 Å². The van der Waals surface area contributed by atoms with Crippen molar-refractivity contribution in [2.24, 2.45) is 11.0 Å². The van der Waals surface area contributed by atoms with Gasteiger partial charge in [-0.3, -0.25) is 9.59 Å². The summed E-state index contributed by atoms with van der Waals surface area (Å²) in [6.45, 7) is 3.77. The largest absolute Gasteiger partial charge is 0.340 e. The van der Waals surface area contributed by atoms with Gasteiger partial charge in [0.15, 0.2) is 0 Å². The lowest BCUT2D eigenvalue weighted by molar-refractivity contribution is -0.123. The maximum atomic E-state index is 12.8. The summed E-state index contributed by atoms with van der Waals surface area (Å²) in [5.74, 6) is -0.746. The zero-order valence-corrected chi connectivity index (χ0v) is 18.1. The van der Waals surface area contributed by atoms with Crippen LogP contribution in [0, 0.1) is 5.92 Å². The molecule has 0 aromatic heterocycles. The second-order valence-electron chi connectivity index (χ2n) is 8.03. The zero-order chi connectivity index (χ0) is 22.5. The number of fused-ring (bicyclic) bond motifs is 2. The van der Waals surface area contributed by atoms with Crippen LogP contribution in [0.5, 0.6) is 0 Å². The Kier molecular flexibility index (Phi) is 6.26. The van der Waals surface area contributed by atoms with Crippen molar-refractivity contribution in [3.05, 3.63) is 96.1 Å². The number of hydrogen-bond acceptors (Lipinski definition) is 3. The Bertz CT molecular complexity index is 1240. The van der Waals surface area contributed by atoms with Gasteiger partial charge in [-0.2, -0.15) is 5.10 Å². The van der Waals surface area contributed by atoms with E-state index in [4.69, 9.17) is 0 Å². The van der Waals surface area contributed by atoms with Crippen molar-refractivity contribution in [3.63, 3.8) is 0 Å². The van der Waals surface area contributed by atoms with Crippen LogP contribution in [0.15, 0.2) is 90.0 Å². The Morgan fingerprint density at radius 2 is 1.38 bits per heavy atom. The predicted octanol–water partition coefficient (Wildman–Crippen LogP) is 4.90. The number of carbonyl (C=O) groups excluding carboxylic acids is 2. The molecule has 0 bridgehead atoms. The van der Waals surface area contributed by atoms with E-state index < -0.39 is 6.04 Å². The van der Waals surface area contributed by atoms with Gasteiger partial charge in [0.25, 0.3) is 11.8 Å². The highest BCUT2D eigenvalue weighted by atomic mass is 16.2. The molecule has 5 nitrogen and oxygen atoms in total. The van der Waals surface area contributed by atoms with Crippen LogP contribution in [0.3, 0.4) is 0 Å². The molecule has 0 aliphatic carbocycles. The number of carbonyl (C=O) groups is 2. The van der Waals surface area contributed by atoms with Crippen molar-refractivity contribution >= 4 is 39.6 Å². The lowest BCUT2D eigenvalue weighted by Crippen LogP contribution is -2.48. The monoisotopic (exact) mass is 423 g/mol. The summed E-state index contributed by atoms with van der Waals surface area (Å²) in [5, 5.41) is 11.4. The number of nitrogens with zero attached hydrogens (tertiary/aromatic N) is 1. The molecule has 0 saturated heterocycles. The van der Waals surface area contributed by atoms with Crippen molar-refractivity contribution in [3.8, 4) is 0 Å². The molecule has 0 saturated carbocycles. The highest BCUT2D eigenvalue weighted by Crippen LogP contribution is 2.27. The number of rotatable bonds is 6. The Labute approximate surface area is 187 Å². The molecule has 160 valence electrons. The van der Waals surface area contributed by atoms with Gasteiger partial charge in [-0.1, -0.05) is 80.6 Å². The van der Waals surface area contributed by atoms with E-state index in [1.165, 1.54) is 0 Å². The van der Waals surface area contributed by atoms with Crippen molar-refractivity contribution in [1.82, 2.24) is 10.7 Å². The highest BCUT2D eigenvalue weighted by Gasteiger charge is 2.24. The first-order valence-corrected chi connectivity index (χ1v) is 10.6. The van der Waals surface area contributed by atoms with Gasteiger partial charge < -0.3 is 5.32 Å². The van der Waals surface area contributed by atoms with Crippen molar-refractivity contribution in [2.45, 2.75) is 19.9 Å². The fraction of sp³-hybridized carbons (Fsp3) is 0.148. The number of nitrogens with one attached hydrogen (secondary N) is 2. The van der Waals surface area contributed by atoms with Crippen LogP contribution < -0.4 is 10.7 Å². The summed E-state index contributed by atoms with van der Waals surface area (Å²) < 4.78 is 0. The fourth-order valence-corrected chi connectivity index (χ4v) is 3.77. The molecule has 32 heavy (non-hydrogen) atoms. The van der Waals surface area contributed by atoms with Gasteiger partial charge in [0.2, 0.25) is 0 Å². The van der Waals surface area contributed by atoms with E-state index >= 15 is 0 Å². The van der Waals surface area contributed by atoms with Gasteiger partial charge in [-0.05, 0) is 45.7 Å². The Morgan fingerprint density at radius 3 is 1.97 bits per heavy atom. The van der Waals surface area contributed by atoms with E-state index in [-0.39, 0.29) is 17.7 Å². The van der Waals surface area contributed by atoms with Crippen molar-refractivity contribution in [1.29, 1.82) is 0 Å². The predicted molar refractivity (Wildman–Crippen MR) is 130 cm³/mol. The molecule has 0 aliphatic heterocycles. The van der Waals surface area contributed by atoms with Crippen LogP contribution in [-0.4, -0.2) is 24.1 Å². The molecular weight excluding hydrogens is 398 g/mol. The lowest BCUT2D eigenvalue weighted by atomic mass is 9.97. The maximum absolute atomic E-state index is 12.8. The minimum absolute atomic E-state index is 0.101. The minimum atomic E-state index is -0.705. The average molecular weight is 424 g/mol. The topological polar surface area (TPSA) is 70.6 Å². The first-order chi connectivity index (χ1) is 15.5. The fourth-order valence-electron chi connectivity index (χ4n) is 3.77. The molecule has 4 aromatic rings. The number of benzene rings is 4. The molecule has 2 amide bonds. The first-order valence-electron chi connectivity index (χ1n) is 10.6. The minimum Gasteiger partial charge on any atom is -0.340 e. The van der Waals surface area contributed by atoms with Gasteiger partial charge in [-0.25, -0.2) is 5.43 Å². The van der Waals surface area contributed by atoms with Gasteiger partial charge in [0.1, 0.15) is 6.04 Å². The maximum Gasteiger partial charge on any atom is 0.262 e. The van der Waals surface area contributed by atoms with Crippen LogP contribution in [0.1, 0.15) is 29.8 Å². The molecule has 1 atom stereocenters. The molecule has 0 aliphatic rings. The summed E-state index contributed by atoms with van der Waals surface area (Å²) in [6, 6.07) is 26.5. The summed E-state index contributed by atoms with van der Waals surface area (Å²) in [5.41, 5.74) is 4.06. The molecular formula is C27H25N3O2.